The molecule has 184 valence electrons. The second kappa shape index (κ2) is 9.40. The van der Waals surface area contributed by atoms with Gasteiger partial charge in [0.1, 0.15) is 5.82 Å². The highest BCUT2D eigenvalue weighted by Crippen LogP contribution is 2.37. The number of aromatic nitrogens is 1. The topological polar surface area (TPSA) is 78.2 Å². The average molecular weight is 502 g/mol. The van der Waals surface area contributed by atoms with Gasteiger partial charge in [-0.3, -0.25) is 9.59 Å². The van der Waals surface area contributed by atoms with Crippen molar-refractivity contribution < 1.29 is 14.1 Å². The molecule has 1 fully saturated rings. The molecule has 0 N–H and O–H groups in total. The van der Waals surface area contributed by atoms with Crippen LogP contribution < -0.4 is 9.80 Å². The molecule has 2 aliphatic rings. The number of hydrogen-bond donors (Lipinski definition) is 0. The smallest absolute Gasteiger partial charge is 0.232 e. The van der Waals surface area contributed by atoms with E-state index in [0.717, 1.165) is 52.7 Å². The largest absolute Gasteiger partial charge is 0.378 e. The number of nitrogens with zero attached hydrogens (tertiary/aromatic N) is 6. The Morgan fingerprint density at radius 2 is 1.56 bits per heavy atom. The molecule has 0 saturated carbocycles. The Labute approximate surface area is 214 Å². The van der Waals surface area contributed by atoms with E-state index in [9.17, 15) is 9.59 Å². The number of quaternary nitrogens is 1. The van der Waals surface area contributed by atoms with E-state index in [0.29, 0.717) is 16.3 Å². The lowest BCUT2D eigenvalue weighted by molar-refractivity contribution is -0.890. The molecule has 36 heavy (non-hydrogen) atoms. The predicted molar refractivity (Wildman–Crippen MR) is 144 cm³/mol. The highest BCUT2D eigenvalue weighted by atomic mass is 32.1. The van der Waals surface area contributed by atoms with Gasteiger partial charge < -0.3 is 14.3 Å². The Kier molecular flexibility index (Phi) is 6.27. The first-order chi connectivity index (χ1) is 17.2. The fourth-order valence-electron chi connectivity index (χ4n) is 4.35. The summed E-state index contributed by atoms with van der Waals surface area (Å²) in [5.41, 5.74) is 2.90. The summed E-state index contributed by atoms with van der Waals surface area (Å²) < 4.78 is 0.943. The zero-order chi connectivity index (χ0) is 25.4. The van der Waals surface area contributed by atoms with Gasteiger partial charge in [-0.25, -0.2) is 0 Å². The molecule has 1 aliphatic heterocycles. The van der Waals surface area contributed by atoms with Crippen molar-refractivity contribution in [1.82, 2.24) is 4.98 Å². The van der Waals surface area contributed by atoms with Crippen LogP contribution in [0, 0.1) is 0 Å². The number of Topliss-reactive ketones (excluding diaryl/α,β-unsaturated/α-hetero) is 2. The molecular weight excluding hydrogens is 472 g/mol. The number of benzene rings is 2. The van der Waals surface area contributed by atoms with Crippen LogP contribution >= 0.6 is 11.3 Å². The van der Waals surface area contributed by atoms with E-state index in [2.05, 4.69) is 29.2 Å². The van der Waals surface area contributed by atoms with Crippen molar-refractivity contribution >= 4 is 51.3 Å². The number of ketones is 2. The lowest BCUT2D eigenvalue weighted by atomic mass is 10.1. The van der Waals surface area contributed by atoms with Crippen LogP contribution in [0.1, 0.15) is 25.6 Å². The maximum atomic E-state index is 13.0. The van der Waals surface area contributed by atoms with Crippen LogP contribution in [-0.2, 0) is 0 Å². The van der Waals surface area contributed by atoms with Crippen molar-refractivity contribution in [3.05, 3.63) is 70.1 Å². The number of piperazine rings is 1. The lowest BCUT2D eigenvalue weighted by Crippen LogP contribution is -2.55. The first-order valence-corrected chi connectivity index (χ1v) is 12.7. The second-order valence-corrected chi connectivity index (χ2v) is 10.9. The van der Waals surface area contributed by atoms with Gasteiger partial charge in [0, 0.05) is 30.9 Å². The maximum Gasteiger partial charge on any atom is 0.232 e. The highest BCUT2D eigenvalue weighted by molar-refractivity contribution is 7.16. The summed E-state index contributed by atoms with van der Waals surface area (Å²) >= 11 is 1.34. The zero-order valence-corrected chi connectivity index (χ0v) is 21.7. The van der Waals surface area contributed by atoms with E-state index < -0.39 is 0 Å². The van der Waals surface area contributed by atoms with E-state index in [1.165, 1.54) is 11.3 Å². The van der Waals surface area contributed by atoms with Gasteiger partial charge in [0.05, 0.1) is 56.4 Å². The van der Waals surface area contributed by atoms with E-state index >= 15 is 0 Å². The summed E-state index contributed by atoms with van der Waals surface area (Å²) in [4.78, 5) is 35.8. The van der Waals surface area contributed by atoms with E-state index in [4.69, 9.17) is 4.98 Å². The number of azo groups is 1. The van der Waals surface area contributed by atoms with Crippen LogP contribution in [0.4, 0.5) is 22.3 Å². The van der Waals surface area contributed by atoms with Gasteiger partial charge in [0.2, 0.25) is 5.13 Å². The molecule has 5 rings (SSSR count). The molecule has 2 heterocycles. The summed E-state index contributed by atoms with van der Waals surface area (Å²) in [5.74, 6) is 0.270. The monoisotopic (exact) mass is 501 g/mol. The van der Waals surface area contributed by atoms with Crippen molar-refractivity contribution in [2.75, 3.05) is 64.2 Å². The van der Waals surface area contributed by atoms with Crippen LogP contribution in [0.15, 0.2) is 64.3 Å². The van der Waals surface area contributed by atoms with Crippen LogP contribution in [0.25, 0.3) is 6.08 Å². The fraction of sp³-hybridized carbons (Fsp3) is 0.296. The normalized spacial score (nSPS) is 17.1. The molecule has 3 aromatic rings. The standard InChI is InChI=1S/C27H29N6O2S/c1-31(2)19-11-9-18(10-12-19)29-30-27-28-26(32-13-15-33(3,4)16-14-32)23(36-27)17-22-24(34)20-7-5-6-8-21(20)25(22)35/h5-12,17H,13-16H2,1-4H3/q+1/b30-29+. The Bertz CT molecular complexity index is 1340. The molecule has 2 aromatic carbocycles. The number of allylic oxidation sites excluding steroid dienone is 1. The van der Waals surface area contributed by atoms with E-state index in [1.807, 2.05) is 43.3 Å². The zero-order valence-electron chi connectivity index (χ0n) is 20.9. The third-order valence-corrected chi connectivity index (χ3v) is 7.55. The quantitative estimate of drug-likeness (QED) is 0.213. The molecule has 0 amide bonds. The summed E-state index contributed by atoms with van der Waals surface area (Å²) in [6, 6.07) is 14.8. The minimum Gasteiger partial charge on any atom is -0.378 e. The van der Waals surface area contributed by atoms with Gasteiger partial charge in [0.15, 0.2) is 11.6 Å². The van der Waals surface area contributed by atoms with Gasteiger partial charge in [-0.15, -0.1) is 10.2 Å². The van der Waals surface area contributed by atoms with Gasteiger partial charge >= 0.3 is 0 Å². The second-order valence-electron chi connectivity index (χ2n) is 9.93. The summed E-state index contributed by atoms with van der Waals surface area (Å²) in [6.07, 6.45) is 1.69. The fourth-order valence-corrected chi connectivity index (χ4v) is 5.20. The van der Waals surface area contributed by atoms with Gasteiger partial charge in [-0.05, 0) is 30.3 Å². The van der Waals surface area contributed by atoms with Crippen LogP contribution in [0.2, 0.25) is 0 Å². The van der Waals surface area contributed by atoms with Gasteiger partial charge in [-0.1, -0.05) is 35.6 Å². The Morgan fingerprint density at radius 3 is 2.14 bits per heavy atom. The Hall–Kier alpha value is -3.69. The van der Waals surface area contributed by atoms with Crippen LogP contribution in [0.3, 0.4) is 0 Å². The molecule has 1 aromatic heterocycles. The number of thiazole rings is 1. The number of carbonyl (C=O) groups is 2. The van der Waals surface area contributed by atoms with E-state index in [-0.39, 0.29) is 17.1 Å². The minimum atomic E-state index is -0.240. The summed E-state index contributed by atoms with van der Waals surface area (Å²) in [7, 11) is 8.41. The molecule has 1 aliphatic carbocycles. The van der Waals surface area contributed by atoms with Crippen molar-refractivity contribution in [3.63, 3.8) is 0 Å². The number of fused-ring (bicyclic) bond motifs is 1. The van der Waals surface area contributed by atoms with Gasteiger partial charge in [-0.2, -0.15) is 4.98 Å². The number of likely N-dealkylation sites (N-methyl/N-ethyl adjacent to an activating group) is 1. The third kappa shape index (κ3) is 4.72. The van der Waals surface area contributed by atoms with Crippen molar-refractivity contribution in [2.24, 2.45) is 10.2 Å². The van der Waals surface area contributed by atoms with Gasteiger partial charge in [0.25, 0.3) is 0 Å². The first-order valence-electron chi connectivity index (χ1n) is 11.9. The predicted octanol–water partition coefficient (Wildman–Crippen LogP) is 4.98. The van der Waals surface area contributed by atoms with E-state index in [1.54, 1.807) is 30.3 Å². The molecular formula is C27H29N6O2S+. The molecule has 0 spiro atoms. The summed E-state index contributed by atoms with van der Waals surface area (Å²) in [6.45, 7) is 3.62. The lowest BCUT2D eigenvalue weighted by Gasteiger charge is -2.39. The molecule has 0 atom stereocenters. The molecule has 0 radical (unpaired) electrons. The molecule has 0 bridgehead atoms. The number of hydrogen-bond acceptors (Lipinski definition) is 8. The van der Waals surface area contributed by atoms with Crippen molar-refractivity contribution in [1.29, 1.82) is 0 Å². The number of carbonyl (C=O) groups excluding carboxylic acids is 2. The highest BCUT2D eigenvalue weighted by Gasteiger charge is 2.34. The Balaban J connectivity index is 1.49. The maximum absolute atomic E-state index is 13.0. The molecule has 8 nitrogen and oxygen atoms in total. The number of anilines is 2. The SMILES string of the molecule is CN(C)c1ccc(/N=N/c2nc(N3CC[N+](C)(C)CC3)c(C=C3C(=O)c4ccccc4C3=O)s2)cc1. The Morgan fingerprint density at radius 1 is 0.944 bits per heavy atom. The molecule has 1 saturated heterocycles. The van der Waals surface area contributed by atoms with Crippen molar-refractivity contribution in [3.8, 4) is 0 Å². The minimum absolute atomic E-state index is 0.178. The summed E-state index contributed by atoms with van der Waals surface area (Å²) in [5, 5.41) is 9.26. The molecule has 9 heteroatoms. The van der Waals surface area contributed by atoms with Crippen LogP contribution in [-0.4, -0.2) is 75.4 Å². The third-order valence-electron chi connectivity index (χ3n) is 6.67. The number of rotatable bonds is 5. The average Bonchev–Trinajstić information content (AvgIpc) is 3.37. The van der Waals surface area contributed by atoms with Crippen molar-refractivity contribution in [2.45, 2.75) is 0 Å². The molecule has 0 unspecified atom stereocenters. The first kappa shape index (κ1) is 24.0. The van der Waals surface area contributed by atoms with Crippen LogP contribution in [0.5, 0.6) is 0 Å².